The predicted octanol–water partition coefficient (Wildman–Crippen LogP) is 3.21. The number of benzene rings is 1. The largest absolute Gasteiger partial charge is 0.493 e. The summed E-state index contributed by atoms with van der Waals surface area (Å²) >= 11 is 3.61. The average Bonchev–Trinajstić information content (AvgIpc) is 2.99. The topological polar surface area (TPSA) is 30.5 Å². The molecular weight excluding hydrogens is 306 g/mol. The molecule has 1 aromatic carbocycles. The molecule has 0 saturated carbocycles. The molecule has 104 valence electrons. The highest BCUT2D eigenvalue weighted by Crippen LogP contribution is 2.40. The van der Waals surface area contributed by atoms with E-state index in [1.807, 2.05) is 7.05 Å². The molecule has 3 nitrogen and oxygen atoms in total. The van der Waals surface area contributed by atoms with E-state index in [2.05, 4.69) is 40.3 Å². The standard InChI is InChI=1S/C15H20BrNO2/c1-9-3-4-13(19-9)14(17-2)12-8-11(16)7-10-5-6-18-15(10)12/h7-9,13-14,17H,3-6H2,1-2H3. The van der Waals surface area contributed by atoms with E-state index in [9.17, 15) is 0 Å². The van der Waals surface area contributed by atoms with Crippen molar-refractivity contribution in [2.45, 2.75) is 44.4 Å². The lowest BCUT2D eigenvalue weighted by Crippen LogP contribution is -2.30. The molecule has 0 radical (unpaired) electrons. The molecule has 0 aromatic heterocycles. The molecule has 2 aliphatic heterocycles. The number of hydrogen-bond acceptors (Lipinski definition) is 3. The van der Waals surface area contributed by atoms with Crippen LogP contribution < -0.4 is 10.1 Å². The zero-order chi connectivity index (χ0) is 13.4. The summed E-state index contributed by atoms with van der Waals surface area (Å²) < 4.78 is 13.0. The van der Waals surface area contributed by atoms with Crippen molar-refractivity contribution in [3.63, 3.8) is 0 Å². The molecule has 0 aliphatic carbocycles. The summed E-state index contributed by atoms with van der Waals surface area (Å²) in [6, 6.07) is 4.53. The van der Waals surface area contributed by atoms with Gasteiger partial charge in [-0.25, -0.2) is 0 Å². The van der Waals surface area contributed by atoms with Gasteiger partial charge in [0, 0.05) is 16.5 Å². The van der Waals surface area contributed by atoms with E-state index in [4.69, 9.17) is 9.47 Å². The second-order valence-electron chi connectivity index (χ2n) is 5.41. The third kappa shape index (κ3) is 2.54. The number of nitrogens with one attached hydrogen (secondary N) is 1. The van der Waals surface area contributed by atoms with Crippen molar-refractivity contribution in [3.8, 4) is 5.75 Å². The van der Waals surface area contributed by atoms with Gasteiger partial charge >= 0.3 is 0 Å². The van der Waals surface area contributed by atoms with Crippen LogP contribution in [0.25, 0.3) is 0 Å². The van der Waals surface area contributed by atoms with Crippen molar-refractivity contribution < 1.29 is 9.47 Å². The highest BCUT2D eigenvalue weighted by atomic mass is 79.9. The number of rotatable bonds is 3. The molecule has 0 amide bonds. The van der Waals surface area contributed by atoms with Crippen LogP contribution in [0.4, 0.5) is 0 Å². The maximum Gasteiger partial charge on any atom is 0.127 e. The lowest BCUT2D eigenvalue weighted by Gasteiger charge is -2.25. The third-order valence-electron chi connectivity index (χ3n) is 4.06. The van der Waals surface area contributed by atoms with E-state index >= 15 is 0 Å². The Labute approximate surface area is 122 Å². The van der Waals surface area contributed by atoms with Crippen LogP contribution in [0, 0.1) is 0 Å². The first kappa shape index (κ1) is 13.4. The maximum absolute atomic E-state index is 6.04. The molecule has 3 atom stereocenters. The minimum absolute atomic E-state index is 0.203. The third-order valence-corrected chi connectivity index (χ3v) is 4.52. The maximum atomic E-state index is 6.04. The Hall–Kier alpha value is -0.580. The fourth-order valence-corrected chi connectivity index (χ4v) is 3.67. The van der Waals surface area contributed by atoms with E-state index in [0.29, 0.717) is 6.10 Å². The van der Waals surface area contributed by atoms with Crippen molar-refractivity contribution in [1.29, 1.82) is 0 Å². The van der Waals surface area contributed by atoms with Gasteiger partial charge in [0.15, 0.2) is 0 Å². The fourth-order valence-electron chi connectivity index (χ4n) is 3.15. The van der Waals surface area contributed by atoms with Gasteiger partial charge in [-0.15, -0.1) is 0 Å². The Kier molecular flexibility index (Phi) is 3.83. The minimum Gasteiger partial charge on any atom is -0.493 e. The Bertz CT molecular complexity index is 477. The average molecular weight is 326 g/mol. The van der Waals surface area contributed by atoms with E-state index in [1.165, 1.54) is 11.1 Å². The summed E-state index contributed by atoms with van der Waals surface area (Å²) in [6.07, 6.45) is 3.85. The Balaban J connectivity index is 1.95. The van der Waals surface area contributed by atoms with Crippen LogP contribution in [0.5, 0.6) is 5.75 Å². The highest BCUT2D eigenvalue weighted by molar-refractivity contribution is 9.10. The molecule has 1 N–H and O–H groups in total. The second kappa shape index (κ2) is 5.43. The first-order valence-corrected chi connectivity index (χ1v) is 7.76. The molecule has 4 heteroatoms. The van der Waals surface area contributed by atoms with Gasteiger partial charge in [0.05, 0.1) is 24.9 Å². The predicted molar refractivity (Wildman–Crippen MR) is 78.7 cm³/mol. The molecule has 1 fully saturated rings. The van der Waals surface area contributed by atoms with E-state index in [1.54, 1.807) is 0 Å². The van der Waals surface area contributed by atoms with Crippen molar-refractivity contribution in [1.82, 2.24) is 5.32 Å². The van der Waals surface area contributed by atoms with Gasteiger partial charge in [-0.2, -0.15) is 0 Å². The summed E-state index contributed by atoms with van der Waals surface area (Å²) in [4.78, 5) is 0. The van der Waals surface area contributed by atoms with Gasteiger partial charge in [-0.1, -0.05) is 15.9 Å². The monoisotopic (exact) mass is 325 g/mol. The van der Waals surface area contributed by atoms with Crippen LogP contribution in [0.1, 0.15) is 36.9 Å². The SMILES string of the molecule is CNC(c1cc(Br)cc2c1OCC2)C1CCC(C)O1. The quantitative estimate of drug-likeness (QED) is 0.925. The summed E-state index contributed by atoms with van der Waals surface area (Å²) in [5.41, 5.74) is 2.53. The van der Waals surface area contributed by atoms with Crippen molar-refractivity contribution in [3.05, 3.63) is 27.7 Å². The lowest BCUT2D eigenvalue weighted by molar-refractivity contribution is 0.0328. The number of hydrogen-bond donors (Lipinski definition) is 1. The number of fused-ring (bicyclic) bond motifs is 1. The van der Waals surface area contributed by atoms with Crippen LogP contribution in [-0.2, 0) is 11.2 Å². The number of likely N-dealkylation sites (N-methyl/N-ethyl adjacent to an activating group) is 1. The zero-order valence-corrected chi connectivity index (χ0v) is 13.0. The molecule has 3 rings (SSSR count). The Morgan fingerprint density at radius 2 is 2.21 bits per heavy atom. The van der Waals surface area contributed by atoms with Gasteiger partial charge in [0.2, 0.25) is 0 Å². The molecule has 2 aliphatic rings. The van der Waals surface area contributed by atoms with Crippen LogP contribution in [-0.4, -0.2) is 25.9 Å². The fraction of sp³-hybridized carbons (Fsp3) is 0.600. The van der Waals surface area contributed by atoms with Gasteiger partial charge < -0.3 is 14.8 Å². The molecule has 3 unspecified atom stereocenters. The van der Waals surface area contributed by atoms with E-state index < -0.39 is 0 Å². The molecule has 0 spiro atoms. The van der Waals surface area contributed by atoms with Crippen molar-refractivity contribution in [2.75, 3.05) is 13.7 Å². The van der Waals surface area contributed by atoms with Crippen LogP contribution >= 0.6 is 15.9 Å². The zero-order valence-electron chi connectivity index (χ0n) is 11.4. The van der Waals surface area contributed by atoms with Gasteiger partial charge in [-0.3, -0.25) is 0 Å². The summed E-state index contributed by atoms with van der Waals surface area (Å²) in [6.45, 7) is 2.94. The first-order chi connectivity index (χ1) is 9.19. The smallest absolute Gasteiger partial charge is 0.127 e. The number of ether oxygens (including phenoxy) is 2. The van der Waals surface area contributed by atoms with Crippen LogP contribution in [0.2, 0.25) is 0 Å². The highest BCUT2D eigenvalue weighted by Gasteiger charge is 2.33. The Morgan fingerprint density at radius 3 is 2.89 bits per heavy atom. The minimum atomic E-state index is 0.203. The lowest BCUT2D eigenvalue weighted by atomic mass is 9.96. The normalized spacial score (nSPS) is 27.1. The molecule has 1 aromatic rings. The Morgan fingerprint density at radius 1 is 1.37 bits per heavy atom. The number of halogens is 1. The second-order valence-corrected chi connectivity index (χ2v) is 6.33. The molecule has 1 saturated heterocycles. The van der Waals surface area contributed by atoms with E-state index in [0.717, 1.165) is 36.1 Å². The van der Waals surface area contributed by atoms with Gasteiger partial charge in [-0.05, 0) is 44.5 Å². The van der Waals surface area contributed by atoms with Gasteiger partial charge in [0.25, 0.3) is 0 Å². The van der Waals surface area contributed by atoms with Crippen molar-refractivity contribution in [2.24, 2.45) is 0 Å². The van der Waals surface area contributed by atoms with Crippen molar-refractivity contribution >= 4 is 15.9 Å². The van der Waals surface area contributed by atoms with Crippen LogP contribution in [0.15, 0.2) is 16.6 Å². The molecule has 2 heterocycles. The summed E-state index contributed by atoms with van der Waals surface area (Å²) in [5, 5.41) is 3.41. The van der Waals surface area contributed by atoms with Crippen LogP contribution in [0.3, 0.4) is 0 Å². The summed E-state index contributed by atoms with van der Waals surface area (Å²) in [7, 11) is 2.00. The molecule has 0 bridgehead atoms. The van der Waals surface area contributed by atoms with Gasteiger partial charge in [0.1, 0.15) is 5.75 Å². The molecule has 19 heavy (non-hydrogen) atoms. The summed E-state index contributed by atoms with van der Waals surface area (Å²) in [5.74, 6) is 1.06. The molecular formula is C15H20BrNO2. The first-order valence-electron chi connectivity index (χ1n) is 6.97. The van der Waals surface area contributed by atoms with E-state index in [-0.39, 0.29) is 12.1 Å².